The number of carbonyl (C=O) groups excluding carboxylic acids is 4. The Hall–Kier alpha value is -4.67. The number of hydrogen-bond donors (Lipinski definition) is 4. The van der Waals surface area contributed by atoms with E-state index >= 15 is 0 Å². The van der Waals surface area contributed by atoms with Gasteiger partial charge in [0.15, 0.2) is 0 Å². The first-order valence-corrected chi connectivity index (χ1v) is 17.5. The van der Waals surface area contributed by atoms with Crippen LogP contribution in [0.5, 0.6) is 0 Å². The number of para-hydroxylation sites is 1. The number of likely N-dealkylation sites (tertiary alicyclic amines) is 1. The zero-order valence-electron chi connectivity index (χ0n) is 27.5. The van der Waals surface area contributed by atoms with Crippen LogP contribution in [0.1, 0.15) is 96.9 Å². The van der Waals surface area contributed by atoms with Crippen LogP contribution in [0.3, 0.4) is 0 Å². The van der Waals surface area contributed by atoms with Gasteiger partial charge in [0.25, 0.3) is 11.8 Å². The standard InChI is InChI=1S/C37H47N7O4/c38-33-31(23-40-44(33)30-11-5-2-6-12-30)35(46)39-22-26-13-16-27(17-14-26)34(45)42-32(20-15-25-8-3-1-4-9-25)36(47)41-29-10-7-21-43(24-29)37(48)28-18-19-28/h2,5-6,11-14,16-17,23,25,28-29,32H,1,3-4,7-10,15,18-22,24,38H2,(H,39,46)(H,41,47)(H,42,45)/t29?,32-/m0/s1. The Kier molecular flexibility index (Phi) is 10.7. The summed E-state index contributed by atoms with van der Waals surface area (Å²) < 4.78 is 1.52. The molecule has 6 rings (SSSR count). The summed E-state index contributed by atoms with van der Waals surface area (Å²) in [4.78, 5) is 54.5. The van der Waals surface area contributed by atoms with Crippen molar-refractivity contribution in [1.29, 1.82) is 0 Å². The lowest BCUT2D eigenvalue weighted by atomic mass is 9.85. The second kappa shape index (κ2) is 15.5. The van der Waals surface area contributed by atoms with Crippen molar-refractivity contribution in [3.05, 3.63) is 77.5 Å². The number of carbonyl (C=O) groups is 4. The molecule has 0 bridgehead atoms. The number of aromatic nitrogens is 2. The van der Waals surface area contributed by atoms with Gasteiger partial charge in [-0.1, -0.05) is 62.4 Å². The smallest absolute Gasteiger partial charge is 0.256 e. The second-order valence-electron chi connectivity index (χ2n) is 13.6. The molecule has 2 saturated carbocycles. The molecule has 2 heterocycles. The number of nitrogens with two attached hydrogens (primary N) is 1. The predicted molar refractivity (Wildman–Crippen MR) is 183 cm³/mol. The van der Waals surface area contributed by atoms with Gasteiger partial charge < -0.3 is 26.6 Å². The molecular weight excluding hydrogens is 606 g/mol. The van der Waals surface area contributed by atoms with Gasteiger partial charge in [-0.3, -0.25) is 19.2 Å². The van der Waals surface area contributed by atoms with E-state index < -0.39 is 6.04 Å². The molecule has 5 N–H and O–H groups in total. The Bertz CT molecular complexity index is 1580. The molecular formula is C37H47N7O4. The molecule has 1 unspecified atom stereocenters. The van der Waals surface area contributed by atoms with Gasteiger partial charge in [0, 0.05) is 37.2 Å². The van der Waals surface area contributed by atoms with Crippen molar-refractivity contribution in [3.8, 4) is 5.69 Å². The highest BCUT2D eigenvalue weighted by molar-refractivity contribution is 5.99. The first kappa shape index (κ1) is 33.2. The summed E-state index contributed by atoms with van der Waals surface area (Å²) in [5.74, 6) is 0.353. The predicted octanol–water partition coefficient (Wildman–Crippen LogP) is 4.36. The molecule has 3 fully saturated rings. The van der Waals surface area contributed by atoms with Crippen LogP contribution in [-0.2, 0) is 16.1 Å². The Morgan fingerprint density at radius 2 is 1.62 bits per heavy atom. The van der Waals surface area contributed by atoms with E-state index in [9.17, 15) is 19.2 Å². The molecule has 2 atom stereocenters. The normalized spacial score (nSPS) is 18.9. The van der Waals surface area contributed by atoms with E-state index in [4.69, 9.17) is 5.73 Å². The number of benzene rings is 2. The molecule has 2 aromatic carbocycles. The van der Waals surface area contributed by atoms with E-state index in [1.54, 1.807) is 24.3 Å². The fraction of sp³-hybridized carbons (Fsp3) is 0.486. The minimum absolute atomic E-state index is 0.111. The minimum Gasteiger partial charge on any atom is -0.383 e. The van der Waals surface area contributed by atoms with Gasteiger partial charge in [0.1, 0.15) is 17.4 Å². The summed E-state index contributed by atoms with van der Waals surface area (Å²) in [6, 6.07) is 15.6. The molecule has 48 heavy (non-hydrogen) atoms. The Morgan fingerprint density at radius 3 is 2.35 bits per heavy atom. The van der Waals surface area contributed by atoms with Crippen molar-refractivity contribution in [1.82, 2.24) is 30.6 Å². The average molecular weight is 654 g/mol. The second-order valence-corrected chi connectivity index (χ2v) is 13.6. The summed E-state index contributed by atoms with van der Waals surface area (Å²) in [5, 5.41) is 13.3. The van der Waals surface area contributed by atoms with Gasteiger partial charge in [-0.25, -0.2) is 4.68 Å². The van der Waals surface area contributed by atoms with Crippen molar-refractivity contribution >= 4 is 29.4 Å². The van der Waals surface area contributed by atoms with Gasteiger partial charge in [0.05, 0.1) is 11.9 Å². The molecule has 1 aromatic heterocycles. The van der Waals surface area contributed by atoms with Gasteiger partial charge in [-0.2, -0.15) is 5.10 Å². The quantitative estimate of drug-likeness (QED) is 0.228. The van der Waals surface area contributed by atoms with E-state index in [-0.39, 0.29) is 53.5 Å². The largest absolute Gasteiger partial charge is 0.383 e. The monoisotopic (exact) mass is 653 g/mol. The first-order chi connectivity index (χ1) is 23.4. The van der Waals surface area contributed by atoms with E-state index in [0.29, 0.717) is 24.4 Å². The lowest BCUT2D eigenvalue weighted by Gasteiger charge is -2.34. The molecule has 254 valence electrons. The van der Waals surface area contributed by atoms with Crippen molar-refractivity contribution in [3.63, 3.8) is 0 Å². The highest BCUT2D eigenvalue weighted by atomic mass is 16.2. The third-order valence-electron chi connectivity index (χ3n) is 9.94. The Balaban J connectivity index is 1.04. The number of anilines is 1. The Labute approximate surface area is 282 Å². The molecule has 0 spiro atoms. The zero-order chi connectivity index (χ0) is 33.5. The number of rotatable bonds is 12. The van der Waals surface area contributed by atoms with Crippen molar-refractivity contribution in [2.45, 2.75) is 89.3 Å². The van der Waals surface area contributed by atoms with Crippen LogP contribution >= 0.6 is 0 Å². The summed E-state index contributed by atoms with van der Waals surface area (Å²) >= 11 is 0. The Morgan fingerprint density at radius 1 is 0.875 bits per heavy atom. The summed E-state index contributed by atoms with van der Waals surface area (Å²) in [7, 11) is 0. The van der Waals surface area contributed by atoms with Gasteiger partial charge in [-0.15, -0.1) is 0 Å². The zero-order valence-corrected chi connectivity index (χ0v) is 27.5. The van der Waals surface area contributed by atoms with Crippen molar-refractivity contribution in [2.75, 3.05) is 18.8 Å². The molecule has 11 nitrogen and oxygen atoms in total. The number of hydrogen-bond acceptors (Lipinski definition) is 6. The van der Waals surface area contributed by atoms with Crippen LogP contribution in [-0.4, -0.2) is 63.5 Å². The molecule has 1 saturated heterocycles. The topological polar surface area (TPSA) is 151 Å². The molecule has 0 radical (unpaired) electrons. The third-order valence-corrected chi connectivity index (χ3v) is 9.94. The fourth-order valence-corrected chi connectivity index (χ4v) is 6.93. The number of nitrogen functional groups attached to an aromatic ring is 1. The van der Waals surface area contributed by atoms with Crippen LogP contribution in [0.2, 0.25) is 0 Å². The molecule has 1 aliphatic heterocycles. The van der Waals surface area contributed by atoms with Crippen LogP contribution in [0, 0.1) is 11.8 Å². The van der Waals surface area contributed by atoms with E-state index in [1.165, 1.54) is 43.0 Å². The molecule has 4 amide bonds. The summed E-state index contributed by atoms with van der Waals surface area (Å²) in [6.45, 7) is 1.52. The lowest BCUT2D eigenvalue weighted by Crippen LogP contribution is -2.54. The first-order valence-electron chi connectivity index (χ1n) is 17.5. The van der Waals surface area contributed by atoms with Gasteiger partial charge in [-0.05, 0) is 74.3 Å². The van der Waals surface area contributed by atoms with Crippen LogP contribution in [0.25, 0.3) is 5.69 Å². The van der Waals surface area contributed by atoms with Crippen molar-refractivity contribution < 1.29 is 19.2 Å². The van der Waals surface area contributed by atoms with Gasteiger partial charge in [0.2, 0.25) is 11.8 Å². The molecule has 11 heteroatoms. The SMILES string of the molecule is Nc1c(C(=O)NCc2ccc(C(=O)N[C@@H](CCC3CCCCC3)C(=O)NC3CCCN(C(=O)C4CC4)C3)cc2)cnn1-c1ccccc1. The van der Waals surface area contributed by atoms with Gasteiger partial charge >= 0.3 is 0 Å². The highest BCUT2D eigenvalue weighted by Crippen LogP contribution is 2.32. The number of piperidine rings is 1. The number of amides is 4. The summed E-state index contributed by atoms with van der Waals surface area (Å²) in [5.41, 5.74) is 8.51. The fourth-order valence-electron chi connectivity index (χ4n) is 6.93. The number of nitrogens with zero attached hydrogens (tertiary/aromatic N) is 3. The maximum atomic E-state index is 13.6. The van der Waals surface area contributed by atoms with Crippen LogP contribution in [0.15, 0.2) is 60.8 Å². The maximum absolute atomic E-state index is 13.6. The maximum Gasteiger partial charge on any atom is 0.256 e. The lowest BCUT2D eigenvalue weighted by molar-refractivity contribution is -0.135. The molecule has 3 aliphatic rings. The number of nitrogens with one attached hydrogen (secondary N) is 3. The molecule has 3 aromatic rings. The highest BCUT2D eigenvalue weighted by Gasteiger charge is 2.36. The third kappa shape index (κ3) is 8.42. The van der Waals surface area contributed by atoms with Crippen LogP contribution in [0.4, 0.5) is 5.82 Å². The van der Waals surface area contributed by atoms with E-state index in [2.05, 4.69) is 21.0 Å². The molecule has 2 aliphatic carbocycles. The average Bonchev–Trinajstić information content (AvgIpc) is 3.90. The van der Waals surface area contributed by atoms with E-state index in [0.717, 1.165) is 49.9 Å². The van der Waals surface area contributed by atoms with E-state index in [1.807, 2.05) is 35.2 Å². The van der Waals surface area contributed by atoms with Crippen molar-refractivity contribution in [2.24, 2.45) is 11.8 Å². The van der Waals surface area contributed by atoms with Crippen LogP contribution < -0.4 is 21.7 Å². The minimum atomic E-state index is -0.657. The summed E-state index contributed by atoms with van der Waals surface area (Å²) in [6.07, 6.45) is 12.6.